The summed E-state index contributed by atoms with van der Waals surface area (Å²) in [6, 6.07) is 6.21. The molecular formula is C10H16N2O. The van der Waals surface area contributed by atoms with Crippen molar-refractivity contribution in [1.82, 2.24) is 0 Å². The minimum atomic E-state index is 0.522. The van der Waals surface area contributed by atoms with Crippen LogP contribution in [0.5, 0.6) is 0 Å². The molecule has 1 aromatic rings. The molecule has 3 N–H and O–H groups in total. The van der Waals surface area contributed by atoms with Crippen molar-refractivity contribution in [2.45, 2.75) is 13.8 Å². The summed E-state index contributed by atoms with van der Waals surface area (Å²) >= 11 is 0. The Morgan fingerprint density at radius 1 is 1.31 bits per heavy atom. The quantitative estimate of drug-likeness (QED) is 0.546. The monoisotopic (exact) mass is 180 g/mol. The van der Waals surface area contributed by atoms with E-state index >= 15 is 0 Å². The molecule has 72 valence electrons. The number of nitrogens with two attached hydrogens (primary N) is 1. The third-order valence-corrected chi connectivity index (χ3v) is 2.00. The van der Waals surface area contributed by atoms with Crippen molar-refractivity contribution in [1.29, 1.82) is 0 Å². The molecular weight excluding hydrogens is 164 g/mol. The predicted octanol–water partition coefficient (Wildman–Crippen LogP) is 1.61. The molecule has 0 radical (unpaired) electrons. The molecule has 1 aromatic carbocycles. The van der Waals surface area contributed by atoms with Crippen LogP contribution in [0.3, 0.4) is 0 Å². The fourth-order valence-electron chi connectivity index (χ4n) is 1.33. The Balaban J connectivity index is 2.64. The largest absolute Gasteiger partial charge is 0.382 e. The molecule has 0 aliphatic rings. The first-order chi connectivity index (χ1) is 6.25. The standard InChI is InChI=1S/C10H16N2O/c1-8-4-3-5-9(2)10(8)12-6-7-13-11/h3-5,12H,6-7,11H2,1-2H3. The van der Waals surface area contributed by atoms with Gasteiger partial charge in [-0.2, -0.15) is 0 Å². The summed E-state index contributed by atoms with van der Waals surface area (Å²) in [6.45, 7) is 5.42. The van der Waals surface area contributed by atoms with Gasteiger partial charge in [-0.15, -0.1) is 0 Å². The van der Waals surface area contributed by atoms with E-state index in [1.165, 1.54) is 16.8 Å². The molecule has 0 aliphatic carbocycles. The smallest absolute Gasteiger partial charge is 0.0851 e. The van der Waals surface area contributed by atoms with E-state index in [1.54, 1.807) is 0 Å². The van der Waals surface area contributed by atoms with Gasteiger partial charge in [-0.1, -0.05) is 18.2 Å². The van der Waals surface area contributed by atoms with E-state index in [0.717, 1.165) is 6.54 Å². The van der Waals surface area contributed by atoms with E-state index in [-0.39, 0.29) is 0 Å². The van der Waals surface area contributed by atoms with Gasteiger partial charge < -0.3 is 10.2 Å². The number of anilines is 1. The van der Waals surface area contributed by atoms with Gasteiger partial charge in [-0.3, -0.25) is 0 Å². The number of benzene rings is 1. The van der Waals surface area contributed by atoms with Crippen LogP contribution in [0.4, 0.5) is 5.69 Å². The highest BCUT2D eigenvalue weighted by Crippen LogP contribution is 2.18. The molecule has 0 bridgehead atoms. The van der Waals surface area contributed by atoms with Crippen molar-refractivity contribution >= 4 is 5.69 Å². The van der Waals surface area contributed by atoms with E-state index in [9.17, 15) is 0 Å². The Kier molecular flexibility index (Phi) is 3.73. The van der Waals surface area contributed by atoms with Gasteiger partial charge in [0.1, 0.15) is 0 Å². The van der Waals surface area contributed by atoms with E-state index in [4.69, 9.17) is 5.90 Å². The Hall–Kier alpha value is -1.06. The van der Waals surface area contributed by atoms with Gasteiger partial charge in [-0.05, 0) is 25.0 Å². The van der Waals surface area contributed by atoms with Crippen LogP contribution in [0, 0.1) is 13.8 Å². The minimum absolute atomic E-state index is 0.522. The molecule has 0 saturated heterocycles. The lowest BCUT2D eigenvalue weighted by atomic mass is 10.1. The third kappa shape index (κ3) is 2.72. The van der Waals surface area contributed by atoms with Crippen LogP contribution in [-0.2, 0) is 4.84 Å². The summed E-state index contributed by atoms with van der Waals surface area (Å²) in [5, 5.41) is 3.28. The highest BCUT2D eigenvalue weighted by molar-refractivity contribution is 5.56. The first kappa shape index (κ1) is 10.0. The Morgan fingerprint density at radius 3 is 2.46 bits per heavy atom. The van der Waals surface area contributed by atoms with Crippen molar-refractivity contribution in [2.75, 3.05) is 18.5 Å². The molecule has 0 aromatic heterocycles. The molecule has 0 fully saturated rings. The summed E-state index contributed by atoms with van der Waals surface area (Å²) in [5.74, 6) is 4.93. The molecule has 0 saturated carbocycles. The molecule has 0 atom stereocenters. The lowest BCUT2D eigenvalue weighted by molar-refractivity contribution is 0.148. The topological polar surface area (TPSA) is 47.3 Å². The van der Waals surface area contributed by atoms with E-state index in [1.807, 2.05) is 0 Å². The fourth-order valence-corrected chi connectivity index (χ4v) is 1.33. The lowest BCUT2D eigenvalue weighted by Crippen LogP contribution is -2.13. The second kappa shape index (κ2) is 4.84. The molecule has 0 aliphatic heterocycles. The van der Waals surface area contributed by atoms with Crippen molar-refractivity contribution in [3.8, 4) is 0 Å². The van der Waals surface area contributed by atoms with Crippen molar-refractivity contribution < 1.29 is 4.84 Å². The Bertz CT molecular complexity index is 253. The maximum atomic E-state index is 4.93. The first-order valence-corrected chi connectivity index (χ1v) is 4.37. The fraction of sp³-hybridized carbons (Fsp3) is 0.400. The minimum Gasteiger partial charge on any atom is -0.382 e. The van der Waals surface area contributed by atoms with Gasteiger partial charge in [-0.25, -0.2) is 5.90 Å². The van der Waals surface area contributed by atoms with Crippen molar-refractivity contribution in [2.24, 2.45) is 5.90 Å². The average molecular weight is 180 g/mol. The number of nitrogens with one attached hydrogen (secondary N) is 1. The SMILES string of the molecule is Cc1cccc(C)c1NCCON. The second-order valence-corrected chi connectivity index (χ2v) is 3.06. The summed E-state index contributed by atoms with van der Waals surface area (Å²) in [7, 11) is 0. The van der Waals surface area contributed by atoms with Crippen LogP contribution < -0.4 is 11.2 Å². The van der Waals surface area contributed by atoms with Crippen molar-refractivity contribution in [3.63, 3.8) is 0 Å². The average Bonchev–Trinajstić information content (AvgIpc) is 2.10. The zero-order valence-electron chi connectivity index (χ0n) is 8.13. The Morgan fingerprint density at radius 2 is 1.92 bits per heavy atom. The number of hydrogen-bond donors (Lipinski definition) is 2. The molecule has 0 spiro atoms. The normalized spacial score (nSPS) is 10.1. The zero-order chi connectivity index (χ0) is 9.68. The van der Waals surface area contributed by atoms with Crippen LogP contribution in [-0.4, -0.2) is 13.2 Å². The van der Waals surface area contributed by atoms with Gasteiger partial charge in [0.25, 0.3) is 0 Å². The molecule has 0 heterocycles. The van der Waals surface area contributed by atoms with Crippen molar-refractivity contribution in [3.05, 3.63) is 29.3 Å². The Labute approximate surface area is 78.8 Å². The molecule has 0 unspecified atom stereocenters. The lowest BCUT2D eigenvalue weighted by Gasteiger charge is -2.11. The van der Waals surface area contributed by atoms with Gasteiger partial charge in [0.15, 0.2) is 0 Å². The number of aryl methyl sites for hydroxylation is 2. The van der Waals surface area contributed by atoms with Crippen LogP contribution in [0.25, 0.3) is 0 Å². The second-order valence-electron chi connectivity index (χ2n) is 3.06. The summed E-state index contributed by atoms with van der Waals surface area (Å²) in [4.78, 5) is 4.48. The highest BCUT2D eigenvalue weighted by Gasteiger charge is 1.99. The molecule has 3 nitrogen and oxygen atoms in total. The summed E-state index contributed by atoms with van der Waals surface area (Å²) in [6.07, 6.45) is 0. The molecule has 1 rings (SSSR count). The highest BCUT2D eigenvalue weighted by atomic mass is 16.6. The summed E-state index contributed by atoms with van der Waals surface area (Å²) < 4.78 is 0. The van der Waals surface area contributed by atoms with Crippen LogP contribution >= 0.6 is 0 Å². The van der Waals surface area contributed by atoms with E-state index < -0.39 is 0 Å². The number of para-hydroxylation sites is 1. The van der Waals surface area contributed by atoms with Gasteiger partial charge in [0.05, 0.1) is 6.61 Å². The molecule has 13 heavy (non-hydrogen) atoms. The van der Waals surface area contributed by atoms with E-state index in [2.05, 4.69) is 42.2 Å². The third-order valence-electron chi connectivity index (χ3n) is 2.00. The van der Waals surface area contributed by atoms with Crippen LogP contribution in [0.15, 0.2) is 18.2 Å². The summed E-state index contributed by atoms with van der Waals surface area (Å²) in [5.41, 5.74) is 3.67. The van der Waals surface area contributed by atoms with Gasteiger partial charge >= 0.3 is 0 Å². The zero-order valence-corrected chi connectivity index (χ0v) is 8.13. The van der Waals surface area contributed by atoms with Crippen LogP contribution in [0.2, 0.25) is 0 Å². The first-order valence-electron chi connectivity index (χ1n) is 4.37. The van der Waals surface area contributed by atoms with Gasteiger partial charge in [0.2, 0.25) is 0 Å². The van der Waals surface area contributed by atoms with Crippen LogP contribution in [0.1, 0.15) is 11.1 Å². The maximum absolute atomic E-state index is 4.93. The predicted molar refractivity (Wildman–Crippen MR) is 54.5 cm³/mol. The number of hydrogen-bond acceptors (Lipinski definition) is 3. The number of rotatable bonds is 4. The maximum Gasteiger partial charge on any atom is 0.0851 e. The van der Waals surface area contributed by atoms with E-state index in [0.29, 0.717) is 6.61 Å². The van der Waals surface area contributed by atoms with Gasteiger partial charge in [0, 0.05) is 12.2 Å². The molecule has 3 heteroatoms. The molecule has 0 amide bonds.